The number of amides is 1. The van der Waals surface area contributed by atoms with Gasteiger partial charge in [-0.05, 0) is 17.7 Å². The summed E-state index contributed by atoms with van der Waals surface area (Å²) < 4.78 is 32.8. The maximum atomic E-state index is 11.9. The number of alkyl carbamates (subject to hydrolysis) is 1. The first kappa shape index (κ1) is 11.6. The van der Waals surface area contributed by atoms with Gasteiger partial charge in [0.05, 0.1) is 12.6 Å². The number of hydrogen-bond donors (Lipinski definition) is 1. The molecule has 2 rings (SSSR count). The van der Waals surface area contributed by atoms with Crippen LogP contribution in [0.5, 0.6) is 5.75 Å². The van der Waals surface area contributed by atoms with E-state index in [1.54, 1.807) is 12.1 Å². The van der Waals surface area contributed by atoms with E-state index in [1.165, 1.54) is 12.1 Å². The van der Waals surface area contributed by atoms with Gasteiger partial charge in [-0.3, -0.25) is 0 Å². The lowest BCUT2D eigenvalue weighted by Crippen LogP contribution is -2.35. The van der Waals surface area contributed by atoms with Crippen molar-refractivity contribution in [3.05, 3.63) is 29.8 Å². The molecule has 1 aliphatic rings. The van der Waals surface area contributed by atoms with Crippen molar-refractivity contribution in [1.29, 1.82) is 0 Å². The fourth-order valence-electron chi connectivity index (χ4n) is 1.66. The molecular formula is C11H11F2NO3. The number of rotatable bonds is 3. The van der Waals surface area contributed by atoms with Gasteiger partial charge in [-0.25, -0.2) is 4.79 Å². The zero-order valence-electron chi connectivity index (χ0n) is 8.86. The van der Waals surface area contributed by atoms with Gasteiger partial charge in [0, 0.05) is 6.42 Å². The summed E-state index contributed by atoms with van der Waals surface area (Å²) in [6.07, 6.45) is 0.190. The molecule has 1 heterocycles. The molecular weight excluding hydrogens is 232 g/mol. The summed E-state index contributed by atoms with van der Waals surface area (Å²) in [4.78, 5) is 11.0. The third kappa shape index (κ3) is 3.05. The Labute approximate surface area is 96.5 Å². The quantitative estimate of drug-likeness (QED) is 0.887. The molecule has 0 radical (unpaired) electrons. The van der Waals surface area contributed by atoms with Gasteiger partial charge in [0.1, 0.15) is 5.75 Å². The highest BCUT2D eigenvalue weighted by Crippen LogP contribution is 2.23. The summed E-state index contributed by atoms with van der Waals surface area (Å²) in [7, 11) is 0. The maximum absolute atomic E-state index is 11.9. The van der Waals surface area contributed by atoms with E-state index >= 15 is 0 Å². The second-order valence-corrected chi connectivity index (χ2v) is 3.57. The van der Waals surface area contributed by atoms with Gasteiger partial charge in [0.25, 0.3) is 0 Å². The molecule has 0 aliphatic carbocycles. The van der Waals surface area contributed by atoms with E-state index < -0.39 is 12.7 Å². The molecule has 17 heavy (non-hydrogen) atoms. The van der Waals surface area contributed by atoms with Gasteiger partial charge in [-0.15, -0.1) is 0 Å². The van der Waals surface area contributed by atoms with Crippen molar-refractivity contribution in [1.82, 2.24) is 5.32 Å². The Kier molecular flexibility index (Phi) is 3.41. The molecule has 4 nitrogen and oxygen atoms in total. The Morgan fingerprint density at radius 1 is 1.35 bits per heavy atom. The smallest absolute Gasteiger partial charge is 0.407 e. The van der Waals surface area contributed by atoms with E-state index in [4.69, 9.17) is 4.74 Å². The summed E-state index contributed by atoms with van der Waals surface area (Å²) in [5, 5.41) is 2.64. The Morgan fingerprint density at radius 2 is 2.06 bits per heavy atom. The Hall–Kier alpha value is -1.85. The van der Waals surface area contributed by atoms with E-state index in [1.807, 2.05) is 0 Å². The van der Waals surface area contributed by atoms with Crippen LogP contribution in [0.2, 0.25) is 0 Å². The zero-order chi connectivity index (χ0) is 12.3. The van der Waals surface area contributed by atoms with E-state index in [0.717, 1.165) is 5.56 Å². The Balaban J connectivity index is 2.04. The van der Waals surface area contributed by atoms with Crippen LogP contribution in [0, 0.1) is 0 Å². The van der Waals surface area contributed by atoms with Crippen LogP contribution in [0.4, 0.5) is 13.6 Å². The monoisotopic (exact) mass is 243 g/mol. The van der Waals surface area contributed by atoms with Crippen LogP contribution in [0.15, 0.2) is 24.3 Å². The molecule has 1 saturated heterocycles. The molecule has 1 aliphatic heterocycles. The number of hydrogen-bond acceptors (Lipinski definition) is 3. The number of nitrogens with one attached hydrogen (secondary N) is 1. The Bertz CT molecular complexity index is 394. The van der Waals surface area contributed by atoms with Crippen molar-refractivity contribution >= 4 is 6.09 Å². The molecule has 92 valence electrons. The number of carbonyl (C=O) groups excluding carboxylic acids is 1. The van der Waals surface area contributed by atoms with Crippen LogP contribution >= 0.6 is 0 Å². The second kappa shape index (κ2) is 4.99. The van der Waals surface area contributed by atoms with E-state index in [2.05, 4.69) is 10.1 Å². The fraction of sp³-hybridized carbons (Fsp3) is 0.364. The van der Waals surface area contributed by atoms with Crippen LogP contribution in [-0.4, -0.2) is 19.3 Å². The van der Waals surface area contributed by atoms with Crippen molar-refractivity contribution < 1.29 is 23.0 Å². The Morgan fingerprint density at radius 3 is 2.65 bits per heavy atom. The number of benzene rings is 1. The normalized spacial score (nSPS) is 19.7. The van der Waals surface area contributed by atoms with Crippen LogP contribution in [0.3, 0.4) is 0 Å². The van der Waals surface area contributed by atoms with Crippen molar-refractivity contribution in [3.8, 4) is 5.75 Å². The molecule has 1 N–H and O–H groups in total. The second-order valence-electron chi connectivity index (χ2n) is 3.57. The van der Waals surface area contributed by atoms with Gasteiger partial charge in [0.15, 0.2) is 0 Å². The SMILES string of the molecule is O=C1N[C@@H](c2ccc(OC(F)F)cc2)CCO1. The molecule has 1 aromatic carbocycles. The standard InChI is InChI=1S/C11H11F2NO3/c12-10(13)17-8-3-1-7(2-4-8)9-5-6-16-11(15)14-9/h1-4,9-10H,5-6H2,(H,14,15)/t9-/m1/s1. The molecule has 0 saturated carbocycles. The van der Waals surface area contributed by atoms with E-state index in [9.17, 15) is 13.6 Å². The third-order valence-electron chi connectivity index (χ3n) is 2.44. The van der Waals surface area contributed by atoms with Crippen LogP contribution in [0.25, 0.3) is 0 Å². The highest BCUT2D eigenvalue weighted by Gasteiger charge is 2.20. The number of ether oxygens (including phenoxy) is 2. The van der Waals surface area contributed by atoms with Crippen LogP contribution in [0.1, 0.15) is 18.0 Å². The van der Waals surface area contributed by atoms with Crippen molar-refractivity contribution in [3.63, 3.8) is 0 Å². The zero-order valence-corrected chi connectivity index (χ0v) is 8.86. The summed E-state index contributed by atoms with van der Waals surface area (Å²) in [6.45, 7) is -2.48. The largest absolute Gasteiger partial charge is 0.449 e. The number of alkyl halides is 2. The number of halogens is 2. The molecule has 6 heteroatoms. The molecule has 0 spiro atoms. The van der Waals surface area contributed by atoms with Gasteiger partial charge >= 0.3 is 12.7 Å². The number of carbonyl (C=O) groups is 1. The summed E-state index contributed by atoms with van der Waals surface area (Å²) >= 11 is 0. The lowest BCUT2D eigenvalue weighted by Gasteiger charge is -2.23. The minimum Gasteiger partial charge on any atom is -0.449 e. The predicted octanol–water partition coefficient (Wildman–Crippen LogP) is 2.46. The van der Waals surface area contributed by atoms with Crippen molar-refractivity contribution in [2.24, 2.45) is 0 Å². The summed E-state index contributed by atoms with van der Waals surface area (Å²) in [5.74, 6) is 0.0992. The topological polar surface area (TPSA) is 47.6 Å². The molecule has 0 aromatic heterocycles. The van der Waals surface area contributed by atoms with Gasteiger partial charge in [-0.2, -0.15) is 8.78 Å². The number of cyclic esters (lactones) is 1. The first-order chi connectivity index (χ1) is 8.15. The van der Waals surface area contributed by atoms with Crippen molar-refractivity contribution in [2.45, 2.75) is 19.1 Å². The van der Waals surface area contributed by atoms with Crippen molar-refractivity contribution in [2.75, 3.05) is 6.61 Å². The lowest BCUT2D eigenvalue weighted by atomic mass is 10.0. The first-order valence-electron chi connectivity index (χ1n) is 5.13. The fourth-order valence-corrected chi connectivity index (χ4v) is 1.66. The highest BCUT2D eigenvalue weighted by atomic mass is 19.3. The highest BCUT2D eigenvalue weighted by molar-refractivity contribution is 5.68. The van der Waals surface area contributed by atoms with Gasteiger partial charge in [0.2, 0.25) is 0 Å². The average molecular weight is 243 g/mol. The van der Waals surface area contributed by atoms with Crippen LogP contribution < -0.4 is 10.1 Å². The minimum atomic E-state index is -2.83. The van der Waals surface area contributed by atoms with E-state index in [-0.39, 0.29) is 11.8 Å². The molecule has 1 amide bonds. The third-order valence-corrected chi connectivity index (χ3v) is 2.44. The predicted molar refractivity (Wildman–Crippen MR) is 54.9 cm³/mol. The minimum absolute atomic E-state index is 0.0992. The molecule has 0 unspecified atom stereocenters. The molecule has 1 atom stereocenters. The van der Waals surface area contributed by atoms with Crippen LogP contribution in [-0.2, 0) is 4.74 Å². The first-order valence-corrected chi connectivity index (χ1v) is 5.13. The molecule has 0 bridgehead atoms. The van der Waals surface area contributed by atoms with Gasteiger partial charge < -0.3 is 14.8 Å². The van der Waals surface area contributed by atoms with Gasteiger partial charge in [-0.1, -0.05) is 12.1 Å². The molecule has 1 fully saturated rings. The molecule has 1 aromatic rings. The average Bonchev–Trinajstić information content (AvgIpc) is 2.29. The van der Waals surface area contributed by atoms with E-state index in [0.29, 0.717) is 13.0 Å². The lowest BCUT2D eigenvalue weighted by molar-refractivity contribution is -0.0498. The summed E-state index contributed by atoms with van der Waals surface area (Å²) in [6, 6.07) is 6.05. The summed E-state index contributed by atoms with van der Waals surface area (Å²) in [5.41, 5.74) is 0.836. The maximum Gasteiger partial charge on any atom is 0.407 e.